The Morgan fingerprint density at radius 3 is 2.56 bits per heavy atom. The van der Waals surface area contributed by atoms with Gasteiger partial charge in [0.25, 0.3) is 0 Å². The largest absolute Gasteiger partial charge is 0.307 e. The summed E-state index contributed by atoms with van der Waals surface area (Å²) in [6.07, 6.45) is 0.734. The molecule has 0 saturated carbocycles. The maximum absolute atomic E-state index is 10.7. The van der Waals surface area contributed by atoms with Gasteiger partial charge in [-0.3, -0.25) is 4.79 Å². The Balaban J connectivity index is 2.39. The first-order chi connectivity index (χ1) is 4.20. The van der Waals surface area contributed by atoms with Crippen molar-refractivity contribution < 1.29 is 4.79 Å². The lowest BCUT2D eigenvalue weighted by Gasteiger charge is -2.11. The fraction of sp³-hybridized carbons (Fsp3) is 0.857. The van der Waals surface area contributed by atoms with E-state index in [0.717, 1.165) is 6.42 Å². The Morgan fingerprint density at radius 1 is 1.67 bits per heavy atom. The summed E-state index contributed by atoms with van der Waals surface area (Å²) in [5, 5.41) is 3.16. The van der Waals surface area contributed by atoms with Crippen LogP contribution in [-0.4, -0.2) is 18.4 Å². The molecule has 2 heteroatoms. The fourth-order valence-electron chi connectivity index (χ4n) is 1.11. The average Bonchev–Trinajstić information content (AvgIpc) is 2.14. The van der Waals surface area contributed by atoms with Crippen molar-refractivity contribution in [1.29, 1.82) is 0 Å². The van der Waals surface area contributed by atoms with Crippen molar-refractivity contribution in [2.75, 3.05) is 6.54 Å². The van der Waals surface area contributed by atoms with Gasteiger partial charge >= 0.3 is 0 Å². The first-order valence-corrected chi connectivity index (χ1v) is 3.45. The standard InChI is InChI=1S/C7H13NO/c1-5(2)7-3-6(9)4-8-7/h5,7-8H,3-4H2,1-2H3/t7-/m0/s1. The molecule has 0 aromatic rings. The third kappa shape index (κ3) is 1.52. The highest BCUT2D eigenvalue weighted by Gasteiger charge is 2.23. The molecule has 0 unspecified atom stereocenters. The van der Waals surface area contributed by atoms with Crippen molar-refractivity contribution in [2.45, 2.75) is 26.3 Å². The molecule has 9 heavy (non-hydrogen) atoms. The molecule has 1 N–H and O–H groups in total. The summed E-state index contributed by atoms with van der Waals surface area (Å²) >= 11 is 0. The van der Waals surface area contributed by atoms with Gasteiger partial charge in [0, 0.05) is 12.5 Å². The molecule has 0 bridgehead atoms. The molecule has 0 aliphatic carbocycles. The third-order valence-corrected chi connectivity index (χ3v) is 1.81. The van der Waals surface area contributed by atoms with E-state index >= 15 is 0 Å². The van der Waals surface area contributed by atoms with Crippen LogP contribution >= 0.6 is 0 Å². The van der Waals surface area contributed by atoms with E-state index < -0.39 is 0 Å². The third-order valence-electron chi connectivity index (χ3n) is 1.81. The minimum absolute atomic E-state index is 0.355. The van der Waals surface area contributed by atoms with Crippen LogP contribution in [0.4, 0.5) is 0 Å². The summed E-state index contributed by atoms with van der Waals surface area (Å²) < 4.78 is 0. The number of hydrogen-bond donors (Lipinski definition) is 1. The van der Waals surface area contributed by atoms with E-state index in [2.05, 4.69) is 19.2 Å². The second-order valence-corrected chi connectivity index (χ2v) is 2.97. The summed E-state index contributed by atoms with van der Waals surface area (Å²) in [4.78, 5) is 10.7. The molecule has 0 radical (unpaired) electrons. The lowest BCUT2D eigenvalue weighted by atomic mass is 10.0. The molecule has 0 amide bonds. The lowest BCUT2D eigenvalue weighted by molar-refractivity contribution is -0.116. The van der Waals surface area contributed by atoms with Crippen molar-refractivity contribution in [3.8, 4) is 0 Å². The van der Waals surface area contributed by atoms with Crippen molar-refractivity contribution in [3.05, 3.63) is 0 Å². The van der Waals surface area contributed by atoms with E-state index in [4.69, 9.17) is 0 Å². The monoisotopic (exact) mass is 127 g/mol. The van der Waals surface area contributed by atoms with Gasteiger partial charge in [0.05, 0.1) is 6.54 Å². The summed E-state index contributed by atoms with van der Waals surface area (Å²) in [7, 11) is 0. The van der Waals surface area contributed by atoms with Crippen LogP contribution < -0.4 is 5.32 Å². The second-order valence-electron chi connectivity index (χ2n) is 2.97. The molecular formula is C7H13NO. The molecule has 1 fully saturated rings. The number of hydrogen-bond acceptors (Lipinski definition) is 2. The molecule has 2 nitrogen and oxygen atoms in total. The fourth-order valence-corrected chi connectivity index (χ4v) is 1.11. The second kappa shape index (κ2) is 2.48. The molecule has 1 rings (SSSR count). The van der Waals surface area contributed by atoms with Gasteiger partial charge in [0.2, 0.25) is 0 Å². The number of ketones is 1. The Kier molecular flexibility index (Phi) is 1.86. The summed E-state index contributed by atoms with van der Waals surface area (Å²) in [5.41, 5.74) is 0. The van der Waals surface area contributed by atoms with E-state index in [9.17, 15) is 4.79 Å². The van der Waals surface area contributed by atoms with Gasteiger partial charge in [-0.25, -0.2) is 0 Å². The van der Waals surface area contributed by atoms with Crippen LogP contribution in [0, 0.1) is 5.92 Å². The van der Waals surface area contributed by atoms with Crippen molar-refractivity contribution in [2.24, 2.45) is 5.92 Å². The van der Waals surface area contributed by atoms with Crippen molar-refractivity contribution in [3.63, 3.8) is 0 Å². The molecule has 1 atom stereocenters. The summed E-state index contributed by atoms with van der Waals surface area (Å²) in [6.45, 7) is 4.86. The predicted molar refractivity (Wildman–Crippen MR) is 36.3 cm³/mol. The Morgan fingerprint density at radius 2 is 2.33 bits per heavy atom. The smallest absolute Gasteiger partial charge is 0.148 e. The summed E-state index contributed by atoms with van der Waals surface area (Å²) in [6, 6.07) is 0.442. The number of carbonyl (C=O) groups is 1. The van der Waals surface area contributed by atoms with E-state index in [1.165, 1.54) is 0 Å². The summed E-state index contributed by atoms with van der Waals surface area (Å²) in [5.74, 6) is 0.949. The molecule has 1 heterocycles. The van der Waals surface area contributed by atoms with E-state index in [-0.39, 0.29) is 0 Å². The lowest BCUT2D eigenvalue weighted by Crippen LogP contribution is -2.26. The van der Waals surface area contributed by atoms with E-state index in [0.29, 0.717) is 24.3 Å². The van der Waals surface area contributed by atoms with Gasteiger partial charge in [-0.1, -0.05) is 13.8 Å². The molecule has 1 saturated heterocycles. The predicted octanol–water partition coefficient (Wildman–Crippen LogP) is 0.573. The van der Waals surface area contributed by atoms with Crippen molar-refractivity contribution >= 4 is 5.78 Å². The van der Waals surface area contributed by atoms with Gasteiger partial charge in [0.1, 0.15) is 5.78 Å². The van der Waals surface area contributed by atoms with Crippen LogP contribution in [0.15, 0.2) is 0 Å². The van der Waals surface area contributed by atoms with Crippen molar-refractivity contribution in [1.82, 2.24) is 5.32 Å². The quantitative estimate of drug-likeness (QED) is 0.558. The topological polar surface area (TPSA) is 29.1 Å². The van der Waals surface area contributed by atoms with Gasteiger partial charge < -0.3 is 5.32 Å². The van der Waals surface area contributed by atoms with Crippen LogP contribution in [0.1, 0.15) is 20.3 Å². The molecule has 0 aromatic heterocycles. The first-order valence-electron chi connectivity index (χ1n) is 3.45. The Bertz CT molecular complexity index is 120. The highest BCUT2D eigenvalue weighted by atomic mass is 16.1. The van der Waals surface area contributed by atoms with Gasteiger partial charge in [-0.15, -0.1) is 0 Å². The number of nitrogens with one attached hydrogen (secondary N) is 1. The zero-order valence-electron chi connectivity index (χ0n) is 5.98. The maximum Gasteiger partial charge on any atom is 0.148 e. The van der Waals surface area contributed by atoms with Crippen LogP contribution in [0.5, 0.6) is 0 Å². The molecular weight excluding hydrogens is 114 g/mol. The molecule has 0 spiro atoms. The van der Waals surface area contributed by atoms with E-state index in [1.54, 1.807) is 0 Å². The zero-order valence-corrected chi connectivity index (χ0v) is 5.98. The highest BCUT2D eigenvalue weighted by Crippen LogP contribution is 2.10. The molecule has 1 aliphatic rings. The van der Waals surface area contributed by atoms with Gasteiger partial charge in [-0.2, -0.15) is 0 Å². The number of Topliss-reactive ketones (excluding diaryl/α,β-unsaturated/α-hetero) is 1. The van der Waals surface area contributed by atoms with Crippen LogP contribution in [0.2, 0.25) is 0 Å². The molecule has 52 valence electrons. The molecule has 0 aromatic carbocycles. The molecule has 1 aliphatic heterocycles. The van der Waals surface area contributed by atoms with Gasteiger partial charge in [-0.05, 0) is 5.92 Å². The SMILES string of the molecule is CC(C)[C@@H]1CC(=O)CN1. The first kappa shape index (κ1) is 6.75. The number of carbonyl (C=O) groups excluding carboxylic acids is 1. The average molecular weight is 127 g/mol. The van der Waals surface area contributed by atoms with Crippen LogP contribution in [0.3, 0.4) is 0 Å². The van der Waals surface area contributed by atoms with Gasteiger partial charge in [0.15, 0.2) is 0 Å². The van der Waals surface area contributed by atoms with E-state index in [1.807, 2.05) is 0 Å². The van der Waals surface area contributed by atoms with Crippen LogP contribution in [-0.2, 0) is 4.79 Å². The Hall–Kier alpha value is -0.370. The minimum Gasteiger partial charge on any atom is -0.307 e. The Labute approximate surface area is 55.6 Å². The minimum atomic E-state index is 0.355. The number of rotatable bonds is 1. The maximum atomic E-state index is 10.7. The zero-order chi connectivity index (χ0) is 6.85. The normalized spacial score (nSPS) is 27.9. The highest BCUT2D eigenvalue weighted by molar-refractivity contribution is 5.83. The van der Waals surface area contributed by atoms with Crippen LogP contribution in [0.25, 0.3) is 0 Å².